The van der Waals surface area contributed by atoms with E-state index >= 15 is 0 Å². The van der Waals surface area contributed by atoms with Gasteiger partial charge in [-0.05, 0) is 5.56 Å². The van der Waals surface area contributed by atoms with Crippen molar-refractivity contribution in [2.24, 2.45) is 5.41 Å². The molecule has 0 bridgehead atoms. The van der Waals surface area contributed by atoms with Crippen LogP contribution in [-0.2, 0) is 11.3 Å². The molecule has 4 heteroatoms. The number of nitriles is 1. The van der Waals surface area contributed by atoms with Crippen LogP contribution in [0.3, 0.4) is 0 Å². The maximum Gasteiger partial charge on any atom is 0.326 e. The summed E-state index contributed by atoms with van der Waals surface area (Å²) >= 11 is 0. The van der Waals surface area contributed by atoms with Crippen molar-refractivity contribution in [3.05, 3.63) is 35.9 Å². The third-order valence-corrected chi connectivity index (χ3v) is 2.86. The van der Waals surface area contributed by atoms with E-state index in [9.17, 15) is 4.79 Å². The number of rotatable bonds is 3. The molecule has 82 valence electrons. The number of nitrogens with zero attached hydrogens (tertiary/aromatic N) is 2. The molecule has 0 atom stereocenters. The summed E-state index contributed by atoms with van der Waals surface area (Å²) in [5.41, 5.74) is -0.0474. The largest absolute Gasteiger partial charge is 0.480 e. The van der Waals surface area contributed by atoms with Gasteiger partial charge in [-0.3, -0.25) is 9.69 Å². The second kappa shape index (κ2) is 3.95. The Morgan fingerprint density at radius 2 is 2.06 bits per heavy atom. The zero-order valence-electron chi connectivity index (χ0n) is 8.76. The standard InChI is InChI=1S/C12H12N2O2/c13-7-12(11(15)16)8-14(9-12)6-10-4-2-1-3-5-10/h1-5H,6,8-9H2,(H,15,16). The Morgan fingerprint density at radius 1 is 1.44 bits per heavy atom. The third kappa shape index (κ3) is 1.77. The zero-order valence-corrected chi connectivity index (χ0v) is 8.76. The van der Waals surface area contributed by atoms with E-state index in [-0.39, 0.29) is 0 Å². The van der Waals surface area contributed by atoms with Gasteiger partial charge in [0.1, 0.15) is 0 Å². The van der Waals surface area contributed by atoms with E-state index in [1.54, 1.807) is 0 Å². The molecule has 1 aromatic rings. The second-order valence-electron chi connectivity index (χ2n) is 4.13. The maximum atomic E-state index is 10.9. The maximum absolute atomic E-state index is 10.9. The highest BCUT2D eigenvalue weighted by Crippen LogP contribution is 2.31. The van der Waals surface area contributed by atoms with Crippen LogP contribution in [0.2, 0.25) is 0 Å². The van der Waals surface area contributed by atoms with Gasteiger partial charge in [0, 0.05) is 19.6 Å². The first-order valence-corrected chi connectivity index (χ1v) is 5.07. The summed E-state index contributed by atoms with van der Waals surface area (Å²) in [6.07, 6.45) is 0. The van der Waals surface area contributed by atoms with Crippen molar-refractivity contribution < 1.29 is 9.90 Å². The number of benzene rings is 1. The van der Waals surface area contributed by atoms with Gasteiger partial charge in [-0.2, -0.15) is 5.26 Å². The first-order chi connectivity index (χ1) is 7.66. The number of aliphatic carboxylic acids is 1. The van der Waals surface area contributed by atoms with Crippen molar-refractivity contribution in [2.45, 2.75) is 6.54 Å². The molecule has 1 saturated heterocycles. The van der Waals surface area contributed by atoms with Gasteiger partial charge in [-0.25, -0.2) is 0 Å². The Hall–Kier alpha value is -1.86. The number of carboxylic acids is 1. The van der Waals surface area contributed by atoms with Gasteiger partial charge >= 0.3 is 5.97 Å². The van der Waals surface area contributed by atoms with Crippen LogP contribution >= 0.6 is 0 Å². The average molecular weight is 216 g/mol. The fourth-order valence-electron chi connectivity index (χ4n) is 1.92. The number of hydrogen-bond donors (Lipinski definition) is 1. The van der Waals surface area contributed by atoms with E-state index in [2.05, 4.69) is 0 Å². The van der Waals surface area contributed by atoms with Gasteiger partial charge in [0.05, 0.1) is 6.07 Å². The van der Waals surface area contributed by atoms with Gasteiger partial charge in [-0.1, -0.05) is 30.3 Å². The monoisotopic (exact) mass is 216 g/mol. The van der Waals surface area contributed by atoms with Crippen molar-refractivity contribution in [1.82, 2.24) is 4.90 Å². The number of carboxylic acid groups (broad SMARTS) is 1. The summed E-state index contributed by atoms with van der Waals surface area (Å²) in [7, 11) is 0. The summed E-state index contributed by atoms with van der Waals surface area (Å²) in [6.45, 7) is 1.33. The molecular weight excluding hydrogens is 204 g/mol. The van der Waals surface area contributed by atoms with Gasteiger partial charge in [0.25, 0.3) is 0 Å². The third-order valence-electron chi connectivity index (χ3n) is 2.86. The van der Waals surface area contributed by atoms with Crippen LogP contribution in [0.1, 0.15) is 5.56 Å². The molecule has 2 rings (SSSR count). The fourth-order valence-corrected chi connectivity index (χ4v) is 1.92. The van der Waals surface area contributed by atoms with Gasteiger partial charge in [0.2, 0.25) is 0 Å². The zero-order chi connectivity index (χ0) is 11.6. The van der Waals surface area contributed by atoms with Gasteiger partial charge in [-0.15, -0.1) is 0 Å². The lowest BCUT2D eigenvalue weighted by Gasteiger charge is -2.42. The molecule has 0 aliphatic carbocycles. The molecule has 1 N–H and O–H groups in total. The molecule has 1 aliphatic heterocycles. The molecule has 0 radical (unpaired) electrons. The Labute approximate surface area is 93.7 Å². The molecule has 16 heavy (non-hydrogen) atoms. The summed E-state index contributed by atoms with van der Waals surface area (Å²) < 4.78 is 0. The molecular formula is C12H12N2O2. The normalized spacial score (nSPS) is 18.4. The molecule has 0 unspecified atom stereocenters. The van der Waals surface area contributed by atoms with Gasteiger partial charge in [0.15, 0.2) is 5.41 Å². The van der Waals surface area contributed by atoms with E-state index in [1.807, 2.05) is 41.3 Å². The minimum Gasteiger partial charge on any atom is -0.480 e. The van der Waals surface area contributed by atoms with Crippen LogP contribution in [0.4, 0.5) is 0 Å². The number of carbonyl (C=O) groups is 1. The molecule has 4 nitrogen and oxygen atoms in total. The van der Waals surface area contributed by atoms with E-state index < -0.39 is 11.4 Å². The SMILES string of the molecule is N#CC1(C(=O)O)CN(Cc2ccccc2)C1. The van der Waals surface area contributed by atoms with E-state index in [0.29, 0.717) is 19.6 Å². The minimum absolute atomic E-state index is 0.313. The molecule has 1 aliphatic rings. The van der Waals surface area contributed by atoms with E-state index in [1.165, 1.54) is 0 Å². The fraction of sp³-hybridized carbons (Fsp3) is 0.333. The average Bonchev–Trinajstić information content (AvgIpc) is 2.24. The van der Waals surface area contributed by atoms with Crippen LogP contribution in [0.15, 0.2) is 30.3 Å². The van der Waals surface area contributed by atoms with Crippen molar-refractivity contribution in [3.63, 3.8) is 0 Å². The second-order valence-corrected chi connectivity index (χ2v) is 4.13. The van der Waals surface area contributed by atoms with Crippen LogP contribution in [0.5, 0.6) is 0 Å². The molecule has 1 heterocycles. The van der Waals surface area contributed by atoms with Crippen LogP contribution in [-0.4, -0.2) is 29.1 Å². The highest BCUT2D eigenvalue weighted by molar-refractivity contribution is 5.80. The Morgan fingerprint density at radius 3 is 2.56 bits per heavy atom. The molecule has 0 saturated carbocycles. The van der Waals surface area contributed by atoms with Crippen molar-refractivity contribution in [2.75, 3.05) is 13.1 Å². The summed E-state index contributed by atoms with van der Waals surface area (Å²) in [6, 6.07) is 11.7. The quantitative estimate of drug-likeness (QED) is 0.821. The number of hydrogen-bond acceptors (Lipinski definition) is 3. The van der Waals surface area contributed by atoms with E-state index in [0.717, 1.165) is 5.56 Å². The highest BCUT2D eigenvalue weighted by atomic mass is 16.4. The predicted molar refractivity (Wildman–Crippen MR) is 57.4 cm³/mol. The van der Waals surface area contributed by atoms with Crippen molar-refractivity contribution >= 4 is 5.97 Å². The number of likely N-dealkylation sites (tertiary alicyclic amines) is 1. The molecule has 1 aromatic carbocycles. The predicted octanol–water partition coefficient (Wildman–Crippen LogP) is 1.10. The highest BCUT2D eigenvalue weighted by Gasteiger charge is 2.50. The Balaban J connectivity index is 1.95. The molecule has 1 fully saturated rings. The Bertz CT molecular complexity index is 430. The summed E-state index contributed by atoms with van der Waals surface area (Å²) in [5, 5.41) is 17.8. The lowest BCUT2D eigenvalue weighted by molar-refractivity contribution is -0.154. The van der Waals surface area contributed by atoms with Crippen LogP contribution in [0.25, 0.3) is 0 Å². The lowest BCUT2D eigenvalue weighted by Crippen LogP contribution is -2.59. The lowest BCUT2D eigenvalue weighted by atomic mass is 9.81. The topological polar surface area (TPSA) is 64.3 Å². The van der Waals surface area contributed by atoms with Crippen LogP contribution in [0, 0.1) is 16.7 Å². The molecule has 0 aromatic heterocycles. The Kier molecular flexibility index (Phi) is 2.63. The van der Waals surface area contributed by atoms with E-state index in [4.69, 9.17) is 10.4 Å². The van der Waals surface area contributed by atoms with Crippen LogP contribution < -0.4 is 0 Å². The molecule has 0 amide bonds. The summed E-state index contributed by atoms with van der Waals surface area (Å²) in [5.74, 6) is -1.01. The van der Waals surface area contributed by atoms with Gasteiger partial charge < -0.3 is 5.11 Å². The van der Waals surface area contributed by atoms with Crippen molar-refractivity contribution in [1.29, 1.82) is 5.26 Å². The minimum atomic E-state index is -1.19. The molecule has 0 spiro atoms. The smallest absolute Gasteiger partial charge is 0.326 e. The summed E-state index contributed by atoms with van der Waals surface area (Å²) in [4.78, 5) is 12.8. The first-order valence-electron chi connectivity index (χ1n) is 5.07. The van der Waals surface area contributed by atoms with Crippen molar-refractivity contribution in [3.8, 4) is 6.07 Å². The first kappa shape index (κ1) is 10.7.